The lowest BCUT2D eigenvalue weighted by molar-refractivity contribution is -0.121. The molecule has 1 N–H and O–H groups in total. The average Bonchev–Trinajstić information content (AvgIpc) is 2.79. The molecule has 168 valence electrons. The van der Waals surface area contributed by atoms with Crippen LogP contribution in [0.5, 0.6) is 11.5 Å². The Morgan fingerprint density at radius 1 is 1.10 bits per heavy atom. The van der Waals surface area contributed by atoms with Crippen molar-refractivity contribution in [1.29, 1.82) is 0 Å². The Morgan fingerprint density at radius 3 is 2.45 bits per heavy atom. The highest BCUT2D eigenvalue weighted by Crippen LogP contribution is 2.29. The minimum absolute atomic E-state index is 0.0368. The van der Waals surface area contributed by atoms with Gasteiger partial charge in [-0.3, -0.25) is 4.79 Å². The number of methoxy groups -OCH3 is 2. The number of ether oxygens (including phenoxy) is 3. The third-order valence-electron chi connectivity index (χ3n) is 5.16. The van der Waals surface area contributed by atoms with Crippen molar-refractivity contribution in [3.05, 3.63) is 53.6 Å². The van der Waals surface area contributed by atoms with Gasteiger partial charge in [0.1, 0.15) is 16.4 Å². The smallest absolute Gasteiger partial charge is 0.246 e. The van der Waals surface area contributed by atoms with E-state index in [1.165, 1.54) is 17.5 Å². The van der Waals surface area contributed by atoms with Gasteiger partial charge in [-0.15, -0.1) is 0 Å². The molecule has 1 aliphatic rings. The summed E-state index contributed by atoms with van der Waals surface area (Å²) in [4.78, 5) is 12.7. The van der Waals surface area contributed by atoms with Crippen molar-refractivity contribution in [3.63, 3.8) is 0 Å². The topological polar surface area (TPSA) is 94.2 Å². The molecule has 1 unspecified atom stereocenters. The van der Waals surface area contributed by atoms with Gasteiger partial charge in [-0.05, 0) is 30.7 Å². The second-order valence-corrected chi connectivity index (χ2v) is 9.12. The number of hydrogen-bond donors (Lipinski definition) is 1. The second kappa shape index (κ2) is 10.1. The fourth-order valence-electron chi connectivity index (χ4n) is 3.54. The van der Waals surface area contributed by atoms with Gasteiger partial charge in [0.25, 0.3) is 0 Å². The van der Waals surface area contributed by atoms with Crippen molar-refractivity contribution >= 4 is 15.9 Å². The first kappa shape index (κ1) is 23.1. The highest BCUT2D eigenvalue weighted by atomic mass is 32.2. The van der Waals surface area contributed by atoms with E-state index < -0.39 is 10.0 Å². The number of amides is 1. The fourth-order valence-corrected chi connectivity index (χ4v) is 5.15. The van der Waals surface area contributed by atoms with Gasteiger partial charge >= 0.3 is 0 Å². The Bertz CT molecular complexity index is 1020. The number of nitrogens with zero attached hydrogens (tertiary/aromatic N) is 1. The maximum absolute atomic E-state index is 13.1. The van der Waals surface area contributed by atoms with E-state index in [4.69, 9.17) is 14.2 Å². The summed E-state index contributed by atoms with van der Waals surface area (Å²) in [5.41, 5.74) is 1.45. The number of hydrogen-bond acceptors (Lipinski definition) is 6. The summed E-state index contributed by atoms with van der Waals surface area (Å²) in [6, 6.07) is 12.0. The Morgan fingerprint density at radius 2 is 1.77 bits per heavy atom. The van der Waals surface area contributed by atoms with Crippen molar-refractivity contribution in [2.75, 3.05) is 40.5 Å². The first-order valence-corrected chi connectivity index (χ1v) is 11.5. The van der Waals surface area contributed by atoms with Crippen LogP contribution in [-0.4, -0.2) is 59.2 Å². The summed E-state index contributed by atoms with van der Waals surface area (Å²) in [6.07, 6.45) is 0.0368. The molecule has 9 heteroatoms. The van der Waals surface area contributed by atoms with Crippen molar-refractivity contribution in [2.24, 2.45) is 0 Å². The molecule has 0 saturated carbocycles. The zero-order chi connectivity index (χ0) is 22.4. The molecule has 0 radical (unpaired) electrons. The maximum atomic E-state index is 13.1. The highest BCUT2D eigenvalue weighted by Gasteiger charge is 2.29. The third-order valence-corrected chi connectivity index (χ3v) is 7.08. The van der Waals surface area contributed by atoms with Gasteiger partial charge in [-0.1, -0.05) is 24.3 Å². The molecule has 1 fully saturated rings. The maximum Gasteiger partial charge on any atom is 0.246 e. The van der Waals surface area contributed by atoms with Gasteiger partial charge in [0.2, 0.25) is 15.9 Å². The number of carbonyl (C=O) groups excluding carboxylic acids is 1. The molecule has 1 heterocycles. The van der Waals surface area contributed by atoms with E-state index in [-0.39, 0.29) is 42.1 Å². The van der Waals surface area contributed by atoms with Crippen LogP contribution in [0, 0.1) is 0 Å². The molecule has 0 spiro atoms. The van der Waals surface area contributed by atoms with Crippen LogP contribution in [0.1, 0.15) is 24.1 Å². The van der Waals surface area contributed by atoms with Crippen LogP contribution in [0.4, 0.5) is 0 Å². The van der Waals surface area contributed by atoms with E-state index in [1.54, 1.807) is 19.2 Å². The van der Waals surface area contributed by atoms with E-state index in [0.717, 1.165) is 5.56 Å². The Labute approximate surface area is 183 Å². The molecule has 1 saturated heterocycles. The molecular weight excluding hydrogens is 420 g/mol. The number of sulfonamides is 1. The van der Waals surface area contributed by atoms with Gasteiger partial charge in [-0.25, -0.2) is 8.42 Å². The molecule has 0 aliphatic carbocycles. The van der Waals surface area contributed by atoms with Gasteiger partial charge in [0.15, 0.2) is 0 Å². The average molecular weight is 449 g/mol. The second-order valence-electron chi connectivity index (χ2n) is 7.21. The monoisotopic (exact) mass is 448 g/mol. The number of benzene rings is 2. The molecule has 0 bridgehead atoms. The van der Waals surface area contributed by atoms with E-state index in [2.05, 4.69) is 5.32 Å². The van der Waals surface area contributed by atoms with E-state index >= 15 is 0 Å². The number of rotatable bonds is 8. The number of morpholine rings is 1. The fraction of sp³-hybridized carbons (Fsp3) is 0.409. The lowest BCUT2D eigenvalue weighted by atomic mass is 10.1. The lowest BCUT2D eigenvalue weighted by Crippen LogP contribution is -2.40. The van der Waals surface area contributed by atoms with E-state index in [9.17, 15) is 13.2 Å². The molecule has 3 rings (SSSR count). The first-order chi connectivity index (χ1) is 14.9. The molecule has 31 heavy (non-hydrogen) atoms. The number of nitrogens with one attached hydrogen (secondary N) is 1. The lowest BCUT2D eigenvalue weighted by Gasteiger charge is -2.26. The van der Waals surface area contributed by atoms with Crippen LogP contribution in [0.25, 0.3) is 0 Å². The van der Waals surface area contributed by atoms with Crippen molar-refractivity contribution in [3.8, 4) is 11.5 Å². The van der Waals surface area contributed by atoms with Gasteiger partial charge in [0, 0.05) is 18.7 Å². The molecule has 1 aliphatic heterocycles. The van der Waals surface area contributed by atoms with Crippen LogP contribution >= 0.6 is 0 Å². The summed E-state index contributed by atoms with van der Waals surface area (Å²) < 4.78 is 43.5. The molecule has 2 aromatic carbocycles. The predicted octanol–water partition coefficient (Wildman–Crippen LogP) is 2.14. The summed E-state index contributed by atoms with van der Waals surface area (Å²) in [6.45, 7) is 3.15. The van der Waals surface area contributed by atoms with Crippen LogP contribution < -0.4 is 14.8 Å². The largest absolute Gasteiger partial charge is 0.496 e. The third kappa shape index (κ3) is 5.36. The zero-order valence-corrected chi connectivity index (χ0v) is 18.8. The van der Waals surface area contributed by atoms with Gasteiger partial charge in [-0.2, -0.15) is 4.31 Å². The van der Waals surface area contributed by atoms with E-state index in [0.29, 0.717) is 24.5 Å². The normalized spacial score (nSPS) is 15.8. The van der Waals surface area contributed by atoms with Crippen LogP contribution in [-0.2, 0) is 26.0 Å². The van der Waals surface area contributed by atoms with Crippen molar-refractivity contribution in [2.45, 2.75) is 24.3 Å². The summed E-state index contributed by atoms with van der Waals surface area (Å²) in [5, 5.41) is 2.94. The summed E-state index contributed by atoms with van der Waals surface area (Å²) in [7, 11) is -0.748. The van der Waals surface area contributed by atoms with Crippen LogP contribution in [0.2, 0.25) is 0 Å². The Balaban J connectivity index is 1.77. The highest BCUT2D eigenvalue weighted by molar-refractivity contribution is 7.89. The first-order valence-electron chi connectivity index (χ1n) is 10.0. The SMILES string of the molecule is COc1ccccc1C(C)NC(=O)Cc1ccc(OC)c(S(=O)(=O)N2CCOCC2)c1. The van der Waals surface area contributed by atoms with Gasteiger partial charge in [0.05, 0.1) is 39.9 Å². The van der Waals surface area contributed by atoms with Crippen LogP contribution in [0.3, 0.4) is 0 Å². The standard InChI is InChI=1S/C22H28N2O6S/c1-16(18-6-4-5-7-19(18)28-2)23-22(25)15-17-8-9-20(29-3)21(14-17)31(26,27)24-10-12-30-13-11-24/h4-9,14,16H,10-13,15H2,1-3H3,(H,23,25). The molecule has 2 aromatic rings. The van der Waals surface area contributed by atoms with Crippen LogP contribution in [0.15, 0.2) is 47.4 Å². The summed E-state index contributed by atoms with van der Waals surface area (Å²) >= 11 is 0. The van der Waals surface area contributed by atoms with E-state index in [1.807, 2.05) is 31.2 Å². The summed E-state index contributed by atoms with van der Waals surface area (Å²) in [5.74, 6) is 0.718. The zero-order valence-electron chi connectivity index (χ0n) is 18.0. The van der Waals surface area contributed by atoms with Crippen molar-refractivity contribution in [1.82, 2.24) is 9.62 Å². The number of carbonyl (C=O) groups is 1. The van der Waals surface area contributed by atoms with Crippen molar-refractivity contribution < 1.29 is 27.4 Å². The minimum Gasteiger partial charge on any atom is -0.496 e. The molecule has 0 aromatic heterocycles. The molecule has 1 atom stereocenters. The minimum atomic E-state index is -3.76. The molecule has 1 amide bonds. The quantitative estimate of drug-likeness (QED) is 0.665. The van der Waals surface area contributed by atoms with Gasteiger partial charge < -0.3 is 19.5 Å². The molecular formula is C22H28N2O6S. The molecule has 8 nitrogen and oxygen atoms in total. The Hall–Kier alpha value is -2.62. The number of para-hydroxylation sites is 1. The Kier molecular flexibility index (Phi) is 7.53. The predicted molar refractivity (Wildman–Crippen MR) is 116 cm³/mol.